The highest BCUT2D eigenvalue weighted by molar-refractivity contribution is 9.10. The maximum absolute atomic E-state index is 12.6. The third kappa shape index (κ3) is 2.46. The zero-order chi connectivity index (χ0) is 12.5. The van der Waals surface area contributed by atoms with Gasteiger partial charge in [-0.15, -0.1) is 11.6 Å². The van der Waals surface area contributed by atoms with Gasteiger partial charge in [-0.25, -0.2) is 0 Å². The van der Waals surface area contributed by atoms with E-state index in [0.717, 1.165) is 6.07 Å². The van der Waals surface area contributed by atoms with Gasteiger partial charge < -0.3 is 0 Å². The summed E-state index contributed by atoms with van der Waals surface area (Å²) in [6.07, 6.45) is -4.80. The second kappa shape index (κ2) is 4.58. The van der Waals surface area contributed by atoms with Crippen molar-refractivity contribution in [3.8, 4) is 0 Å². The second-order valence-corrected chi connectivity index (χ2v) is 3.88. The minimum atomic E-state index is -4.80. The Kier molecular flexibility index (Phi) is 3.80. The normalized spacial score (nSPS) is 11.6. The molecule has 0 heterocycles. The zero-order valence-electron chi connectivity index (χ0n) is 7.52. The van der Waals surface area contributed by atoms with Crippen molar-refractivity contribution in [3.63, 3.8) is 0 Å². The minimum Gasteiger partial charge on any atom is -0.258 e. The number of nitro benzene ring substituents is 1. The summed E-state index contributed by atoms with van der Waals surface area (Å²) in [5.41, 5.74) is -2.15. The van der Waals surface area contributed by atoms with E-state index in [-0.39, 0.29) is 15.9 Å². The largest absolute Gasteiger partial charge is 0.424 e. The molecule has 0 amide bonds. The smallest absolute Gasteiger partial charge is 0.258 e. The molecule has 0 saturated heterocycles. The van der Waals surface area contributed by atoms with Gasteiger partial charge in [0, 0.05) is 16.4 Å². The molecule has 0 N–H and O–H groups in total. The molecule has 3 nitrogen and oxygen atoms in total. The molecule has 0 radical (unpaired) electrons. The van der Waals surface area contributed by atoms with Crippen LogP contribution in [0.5, 0.6) is 0 Å². The maximum Gasteiger partial charge on any atom is 0.424 e. The lowest BCUT2D eigenvalue weighted by Gasteiger charge is -2.11. The zero-order valence-corrected chi connectivity index (χ0v) is 9.86. The Morgan fingerprint density at radius 1 is 1.44 bits per heavy atom. The first-order valence-electron chi connectivity index (χ1n) is 3.88. The molecule has 0 aliphatic heterocycles. The highest BCUT2D eigenvalue weighted by atomic mass is 79.9. The van der Waals surface area contributed by atoms with Gasteiger partial charge in [0.15, 0.2) is 0 Å². The van der Waals surface area contributed by atoms with Crippen molar-refractivity contribution >= 4 is 33.2 Å². The van der Waals surface area contributed by atoms with Crippen LogP contribution in [0.1, 0.15) is 11.1 Å². The number of alkyl halides is 4. The summed E-state index contributed by atoms with van der Waals surface area (Å²) >= 11 is 8.11. The molecule has 0 aliphatic carbocycles. The van der Waals surface area contributed by atoms with E-state index in [1.54, 1.807) is 0 Å². The van der Waals surface area contributed by atoms with Crippen molar-refractivity contribution in [2.24, 2.45) is 0 Å². The summed E-state index contributed by atoms with van der Waals surface area (Å²) in [6, 6.07) is 1.98. The number of nitrogens with zero attached hydrogens (tertiary/aromatic N) is 1. The van der Waals surface area contributed by atoms with E-state index in [1.807, 2.05) is 0 Å². The lowest BCUT2D eigenvalue weighted by Crippen LogP contribution is -2.11. The van der Waals surface area contributed by atoms with Gasteiger partial charge in [-0.05, 0) is 27.6 Å². The first-order chi connectivity index (χ1) is 7.29. The van der Waals surface area contributed by atoms with Crippen molar-refractivity contribution in [2.75, 3.05) is 0 Å². The van der Waals surface area contributed by atoms with Crippen LogP contribution in [0.4, 0.5) is 18.9 Å². The molecule has 16 heavy (non-hydrogen) atoms. The third-order valence-corrected chi connectivity index (χ3v) is 3.02. The minimum absolute atomic E-state index is 0.152. The average molecular weight is 318 g/mol. The molecule has 0 unspecified atom stereocenters. The fourth-order valence-corrected chi connectivity index (χ4v) is 2.22. The van der Waals surface area contributed by atoms with E-state index in [1.165, 1.54) is 6.07 Å². The summed E-state index contributed by atoms with van der Waals surface area (Å²) < 4.78 is 37.4. The summed E-state index contributed by atoms with van der Waals surface area (Å²) in [5.74, 6) is -0.165. The Balaban J connectivity index is 3.56. The van der Waals surface area contributed by atoms with Crippen molar-refractivity contribution in [1.82, 2.24) is 0 Å². The molecule has 8 heteroatoms. The highest BCUT2D eigenvalue weighted by Gasteiger charge is 2.41. The average Bonchev–Trinajstić information content (AvgIpc) is 2.14. The van der Waals surface area contributed by atoms with Crippen LogP contribution in [0.2, 0.25) is 0 Å². The van der Waals surface area contributed by atoms with Gasteiger partial charge >= 0.3 is 6.18 Å². The first kappa shape index (κ1) is 13.2. The molecule has 1 rings (SSSR count). The van der Waals surface area contributed by atoms with Gasteiger partial charge in [-0.1, -0.05) is 0 Å². The van der Waals surface area contributed by atoms with Crippen LogP contribution in [-0.2, 0) is 12.1 Å². The van der Waals surface area contributed by atoms with Gasteiger partial charge in [0.25, 0.3) is 5.69 Å². The molecule has 0 bridgehead atoms. The summed E-state index contributed by atoms with van der Waals surface area (Å²) in [5, 5.41) is 10.5. The van der Waals surface area contributed by atoms with Crippen molar-refractivity contribution < 1.29 is 18.1 Å². The third-order valence-electron chi connectivity index (χ3n) is 1.82. The van der Waals surface area contributed by atoms with Gasteiger partial charge in [0.1, 0.15) is 5.56 Å². The molecule has 0 fully saturated rings. The van der Waals surface area contributed by atoms with Crippen molar-refractivity contribution in [3.05, 3.63) is 37.8 Å². The predicted molar refractivity (Wildman–Crippen MR) is 55.4 cm³/mol. The van der Waals surface area contributed by atoms with Crippen molar-refractivity contribution in [2.45, 2.75) is 12.1 Å². The molecular weight excluding hydrogens is 314 g/mol. The monoisotopic (exact) mass is 317 g/mol. The molecule has 88 valence electrons. The second-order valence-electron chi connectivity index (χ2n) is 2.82. The van der Waals surface area contributed by atoms with Gasteiger partial charge in [-0.2, -0.15) is 13.2 Å². The Morgan fingerprint density at radius 3 is 2.38 bits per heavy atom. The van der Waals surface area contributed by atoms with E-state index in [0.29, 0.717) is 0 Å². The van der Waals surface area contributed by atoms with E-state index < -0.39 is 22.4 Å². The molecule has 0 spiro atoms. The number of hydrogen-bond acceptors (Lipinski definition) is 2. The van der Waals surface area contributed by atoms with E-state index in [9.17, 15) is 23.3 Å². The molecule has 0 atom stereocenters. The molecule has 0 aliphatic rings. The standard InChI is InChI=1S/C8H4BrClF3NO2/c9-7-4(3-10)1-2-5(14(15)16)6(7)8(11,12)13/h1-2H,3H2. The maximum atomic E-state index is 12.6. The van der Waals surface area contributed by atoms with Crippen molar-refractivity contribution in [1.29, 1.82) is 0 Å². The van der Waals surface area contributed by atoms with Crippen LogP contribution >= 0.6 is 27.5 Å². The lowest BCUT2D eigenvalue weighted by molar-refractivity contribution is -0.388. The van der Waals surface area contributed by atoms with E-state index in [2.05, 4.69) is 15.9 Å². The number of halogens is 5. The summed E-state index contributed by atoms with van der Waals surface area (Å²) in [6.45, 7) is 0. The van der Waals surface area contributed by atoms with Crippen LogP contribution < -0.4 is 0 Å². The molecular formula is C8H4BrClF3NO2. The summed E-state index contributed by atoms with van der Waals surface area (Å²) in [7, 11) is 0. The Labute approximate surface area is 101 Å². The lowest BCUT2D eigenvalue weighted by atomic mass is 10.1. The van der Waals surface area contributed by atoms with E-state index >= 15 is 0 Å². The quantitative estimate of drug-likeness (QED) is 0.468. The fraction of sp³-hybridized carbons (Fsp3) is 0.250. The highest BCUT2D eigenvalue weighted by Crippen LogP contribution is 2.42. The van der Waals surface area contributed by atoms with Crippen LogP contribution in [-0.4, -0.2) is 4.92 Å². The Hall–Kier alpha value is -0.820. The number of hydrogen-bond donors (Lipinski definition) is 0. The Morgan fingerprint density at radius 2 is 2.00 bits per heavy atom. The van der Waals surface area contributed by atoms with Gasteiger partial charge in [-0.3, -0.25) is 10.1 Å². The molecule has 0 aromatic heterocycles. The van der Waals surface area contributed by atoms with Crippen LogP contribution in [0.25, 0.3) is 0 Å². The molecule has 1 aromatic rings. The van der Waals surface area contributed by atoms with Crippen LogP contribution in [0.15, 0.2) is 16.6 Å². The topological polar surface area (TPSA) is 43.1 Å². The predicted octanol–water partition coefficient (Wildman–Crippen LogP) is 4.11. The van der Waals surface area contributed by atoms with Gasteiger partial charge in [0.2, 0.25) is 0 Å². The molecule has 0 saturated carbocycles. The number of nitro groups is 1. The SMILES string of the molecule is O=[N+]([O-])c1ccc(CCl)c(Br)c1C(F)(F)F. The Bertz CT molecular complexity index is 436. The summed E-state index contributed by atoms with van der Waals surface area (Å²) in [4.78, 5) is 9.39. The number of rotatable bonds is 2. The van der Waals surface area contributed by atoms with E-state index in [4.69, 9.17) is 11.6 Å². The molecule has 1 aromatic carbocycles. The van der Waals surface area contributed by atoms with Crippen LogP contribution in [0.3, 0.4) is 0 Å². The number of benzene rings is 1. The first-order valence-corrected chi connectivity index (χ1v) is 5.20. The van der Waals surface area contributed by atoms with Crippen LogP contribution in [0, 0.1) is 10.1 Å². The fourth-order valence-electron chi connectivity index (χ4n) is 1.13. The van der Waals surface area contributed by atoms with Gasteiger partial charge in [0.05, 0.1) is 4.92 Å².